The molecule has 1 aromatic rings. The fraction of sp³-hybridized carbons (Fsp3) is 0.613. The molecular weight excluding hydrogens is 448 g/mol. The third-order valence-corrected chi connectivity index (χ3v) is 13.8. The minimum absolute atomic E-state index is 0.0194. The maximum absolute atomic E-state index is 10.9. The van der Waals surface area contributed by atoms with Gasteiger partial charge in [0.05, 0.1) is 31.0 Å². The van der Waals surface area contributed by atoms with Crippen LogP contribution in [-0.4, -0.2) is 37.6 Å². The van der Waals surface area contributed by atoms with Gasteiger partial charge in [-0.2, -0.15) is 0 Å². The summed E-state index contributed by atoms with van der Waals surface area (Å²) in [7, 11) is -1.73. The summed E-state index contributed by atoms with van der Waals surface area (Å²) in [6.45, 7) is 16.7. The van der Waals surface area contributed by atoms with Gasteiger partial charge < -0.3 is 14.6 Å². The molecule has 0 amide bonds. The van der Waals surface area contributed by atoms with E-state index in [0.717, 1.165) is 18.4 Å². The molecule has 3 nitrogen and oxygen atoms in total. The second kappa shape index (κ2) is 14.8. The molecule has 0 radical (unpaired) electrons. The molecule has 0 bridgehead atoms. The van der Waals surface area contributed by atoms with Crippen molar-refractivity contribution in [1.29, 1.82) is 0 Å². The van der Waals surface area contributed by atoms with Crippen LogP contribution in [0.5, 0.6) is 0 Å². The minimum atomic E-state index is -1.73. The summed E-state index contributed by atoms with van der Waals surface area (Å²) in [5.41, 5.74) is 6.73. The summed E-state index contributed by atoms with van der Waals surface area (Å²) in [5.74, 6) is 3.36. The van der Waals surface area contributed by atoms with Crippen molar-refractivity contribution >= 4 is 8.07 Å². The quantitative estimate of drug-likeness (QED) is 0.206. The Kier molecular flexibility index (Phi) is 12.5. The molecule has 0 saturated carbocycles. The fourth-order valence-corrected chi connectivity index (χ4v) is 10.8. The molecule has 4 heteroatoms. The van der Waals surface area contributed by atoms with Gasteiger partial charge in [-0.1, -0.05) is 103 Å². The second-order valence-electron chi connectivity index (χ2n) is 10.8. The average molecular weight is 497 g/mol. The largest absolute Gasteiger partial charge is 0.390 e. The van der Waals surface area contributed by atoms with Crippen molar-refractivity contribution in [3.05, 3.63) is 60.2 Å². The first kappa shape index (κ1) is 29.6. The highest BCUT2D eigenvalue weighted by Crippen LogP contribution is 2.40. The zero-order valence-electron chi connectivity index (χ0n) is 23.0. The van der Waals surface area contributed by atoms with Crippen molar-refractivity contribution in [3.8, 4) is 11.5 Å². The molecule has 1 aromatic carbocycles. The van der Waals surface area contributed by atoms with E-state index >= 15 is 0 Å². The summed E-state index contributed by atoms with van der Waals surface area (Å²) in [6, 6.07) is 10.2. The van der Waals surface area contributed by atoms with Gasteiger partial charge >= 0.3 is 0 Å². The van der Waals surface area contributed by atoms with E-state index in [1.54, 1.807) is 0 Å². The standard InChI is InChI=1S/C31H48O3Si/c1-8-29-31(33-23-27-17-11-9-12-18-27)21-15-14-20-30(34-29)28(32)19-13-10-16-22-35(24(2)3,25(4)5)26(6)7/h9-15,17-18,24-26,28-32H,8,19-21,23H2,1-7H3/b13-10+,15-14-/t28-,29-,30-,31-/m1/s1. The predicted molar refractivity (Wildman–Crippen MR) is 151 cm³/mol. The molecule has 0 saturated heterocycles. The molecule has 1 heterocycles. The Morgan fingerprint density at radius 1 is 1.03 bits per heavy atom. The monoisotopic (exact) mass is 496 g/mol. The maximum atomic E-state index is 10.9. The number of benzene rings is 1. The maximum Gasteiger partial charge on any atom is 0.146 e. The Hall–Kier alpha value is -1.64. The van der Waals surface area contributed by atoms with Crippen LogP contribution < -0.4 is 0 Å². The molecule has 35 heavy (non-hydrogen) atoms. The Balaban J connectivity index is 2.00. The van der Waals surface area contributed by atoms with E-state index in [9.17, 15) is 5.11 Å². The zero-order chi connectivity index (χ0) is 25.8. The van der Waals surface area contributed by atoms with Crippen molar-refractivity contribution in [2.75, 3.05) is 0 Å². The number of aliphatic hydroxyl groups excluding tert-OH is 1. The van der Waals surface area contributed by atoms with E-state index < -0.39 is 14.2 Å². The van der Waals surface area contributed by atoms with Crippen LogP contribution in [0, 0.1) is 11.5 Å². The van der Waals surface area contributed by atoms with Crippen LogP contribution in [0.1, 0.15) is 79.7 Å². The molecule has 1 N–H and O–H groups in total. The van der Waals surface area contributed by atoms with Crippen molar-refractivity contribution in [1.82, 2.24) is 0 Å². The van der Waals surface area contributed by atoms with E-state index in [0.29, 0.717) is 36.1 Å². The SMILES string of the molecule is CC[C@H]1O[C@@H]([C@H](O)C/C=C/C#C[Si](C(C)C)(C(C)C)C(C)C)C/C=C\C[C@H]1OCc1ccccc1. The van der Waals surface area contributed by atoms with Gasteiger partial charge in [0.1, 0.15) is 8.07 Å². The summed E-state index contributed by atoms with van der Waals surface area (Å²) >= 11 is 0. The van der Waals surface area contributed by atoms with Crippen LogP contribution in [-0.2, 0) is 16.1 Å². The summed E-state index contributed by atoms with van der Waals surface area (Å²) in [6.07, 6.45) is 10.3. The highest BCUT2D eigenvalue weighted by Gasteiger charge is 2.41. The van der Waals surface area contributed by atoms with Gasteiger partial charge in [0.25, 0.3) is 0 Å². The van der Waals surface area contributed by atoms with Crippen molar-refractivity contribution in [3.63, 3.8) is 0 Å². The van der Waals surface area contributed by atoms with Gasteiger partial charge in [0, 0.05) is 0 Å². The van der Waals surface area contributed by atoms with Gasteiger partial charge in [-0.05, 0) is 53.9 Å². The molecule has 2 rings (SSSR count). The van der Waals surface area contributed by atoms with Gasteiger partial charge in [-0.15, -0.1) is 5.54 Å². The lowest BCUT2D eigenvalue weighted by Gasteiger charge is -2.38. The lowest BCUT2D eigenvalue weighted by Crippen LogP contribution is -2.43. The molecule has 0 aromatic heterocycles. The number of ether oxygens (including phenoxy) is 2. The molecule has 0 spiro atoms. The van der Waals surface area contributed by atoms with Gasteiger partial charge in [0.2, 0.25) is 0 Å². The van der Waals surface area contributed by atoms with Crippen LogP contribution in [0.15, 0.2) is 54.6 Å². The number of hydrogen-bond donors (Lipinski definition) is 1. The predicted octanol–water partition coefficient (Wildman–Crippen LogP) is 7.61. The van der Waals surface area contributed by atoms with E-state index in [-0.39, 0.29) is 18.3 Å². The molecule has 0 unspecified atom stereocenters. The van der Waals surface area contributed by atoms with Crippen molar-refractivity contribution in [2.24, 2.45) is 0 Å². The molecule has 1 aliphatic heterocycles. The first-order chi connectivity index (χ1) is 16.7. The Morgan fingerprint density at radius 3 is 2.26 bits per heavy atom. The number of aliphatic hydroxyl groups is 1. The topological polar surface area (TPSA) is 38.7 Å². The van der Waals surface area contributed by atoms with Crippen molar-refractivity contribution in [2.45, 2.75) is 122 Å². The van der Waals surface area contributed by atoms with Gasteiger partial charge in [-0.25, -0.2) is 0 Å². The van der Waals surface area contributed by atoms with Crippen LogP contribution in [0.2, 0.25) is 16.6 Å². The first-order valence-corrected chi connectivity index (χ1v) is 15.8. The van der Waals surface area contributed by atoms with E-state index in [4.69, 9.17) is 9.47 Å². The van der Waals surface area contributed by atoms with E-state index in [1.165, 1.54) is 0 Å². The third-order valence-electron chi connectivity index (χ3n) is 7.54. The molecular formula is C31H48O3Si. The minimum Gasteiger partial charge on any atom is -0.390 e. The zero-order valence-corrected chi connectivity index (χ0v) is 24.0. The van der Waals surface area contributed by atoms with Crippen molar-refractivity contribution < 1.29 is 14.6 Å². The summed E-state index contributed by atoms with van der Waals surface area (Å²) in [5, 5.41) is 10.9. The smallest absolute Gasteiger partial charge is 0.146 e. The van der Waals surface area contributed by atoms with E-state index in [1.807, 2.05) is 30.4 Å². The lowest BCUT2D eigenvalue weighted by molar-refractivity contribution is -0.135. The van der Waals surface area contributed by atoms with E-state index in [2.05, 4.69) is 84.2 Å². The highest BCUT2D eigenvalue weighted by atomic mass is 28.3. The first-order valence-electron chi connectivity index (χ1n) is 13.5. The Labute approximate surface area is 216 Å². The number of allylic oxidation sites excluding steroid dienone is 1. The number of hydrogen-bond acceptors (Lipinski definition) is 3. The average Bonchev–Trinajstić information content (AvgIpc) is 2.80. The van der Waals surface area contributed by atoms with Crippen LogP contribution in [0.4, 0.5) is 0 Å². The lowest BCUT2D eigenvalue weighted by atomic mass is 10.0. The number of rotatable bonds is 10. The molecule has 1 aliphatic rings. The van der Waals surface area contributed by atoms with Crippen LogP contribution >= 0.6 is 0 Å². The van der Waals surface area contributed by atoms with Gasteiger partial charge in [-0.3, -0.25) is 0 Å². The molecule has 0 fully saturated rings. The molecule has 194 valence electrons. The summed E-state index contributed by atoms with van der Waals surface area (Å²) < 4.78 is 12.7. The molecule has 0 aliphatic carbocycles. The van der Waals surface area contributed by atoms with Crippen LogP contribution in [0.3, 0.4) is 0 Å². The fourth-order valence-electron chi connectivity index (χ4n) is 5.56. The summed E-state index contributed by atoms with van der Waals surface area (Å²) in [4.78, 5) is 0. The Bertz CT molecular complexity index is 825. The molecule has 4 atom stereocenters. The highest BCUT2D eigenvalue weighted by molar-refractivity contribution is 6.90. The van der Waals surface area contributed by atoms with Gasteiger partial charge in [0.15, 0.2) is 0 Å². The third kappa shape index (κ3) is 8.46. The Morgan fingerprint density at radius 2 is 1.66 bits per heavy atom. The van der Waals surface area contributed by atoms with Crippen LogP contribution in [0.25, 0.3) is 0 Å². The second-order valence-corrected chi connectivity index (χ2v) is 16.4. The normalized spacial score (nSPS) is 23.2.